The fourth-order valence-electron chi connectivity index (χ4n) is 6.11. The number of hydrogen-bond acceptors (Lipinski definition) is 7. The minimum absolute atomic E-state index is 0.179. The van der Waals surface area contributed by atoms with E-state index in [2.05, 4.69) is 19.9 Å². The Kier molecular flexibility index (Phi) is 23.5. The zero-order valence-corrected chi connectivity index (χ0v) is 28.3. The third-order valence-electron chi connectivity index (χ3n) is 8.12. The van der Waals surface area contributed by atoms with Gasteiger partial charge in [-0.3, -0.25) is 19.2 Å². The van der Waals surface area contributed by atoms with Crippen molar-refractivity contribution in [2.75, 3.05) is 13.2 Å². The van der Waals surface area contributed by atoms with E-state index in [4.69, 9.17) is 9.47 Å². The van der Waals surface area contributed by atoms with Crippen LogP contribution in [0, 0.1) is 39.9 Å². The van der Waals surface area contributed by atoms with Crippen LogP contribution in [0.4, 0.5) is 0 Å². The van der Waals surface area contributed by atoms with Gasteiger partial charge in [-0.15, -0.1) is 0 Å². The smallest absolute Gasteiger partial charge is 0.327 e. The minimum Gasteiger partial charge on any atom is -0.481 e. The van der Waals surface area contributed by atoms with Crippen molar-refractivity contribution in [2.24, 2.45) is 28.6 Å². The minimum atomic E-state index is -1.44. The topological polar surface area (TPSA) is 151 Å². The molecule has 9 heteroatoms. The molecule has 0 aliphatic carbocycles. The predicted octanol–water partition coefficient (Wildman–Crippen LogP) is 8.19. The number of aliphatic carboxylic acids is 2. The van der Waals surface area contributed by atoms with Gasteiger partial charge < -0.3 is 19.7 Å². The number of carbonyl (C=O) groups is 4. The third kappa shape index (κ3) is 13.7. The molecule has 0 amide bonds. The molecule has 9 nitrogen and oxygen atoms in total. The van der Waals surface area contributed by atoms with E-state index in [1.165, 1.54) is 0 Å². The first-order chi connectivity index (χ1) is 20.4. The molecule has 0 aromatic rings. The summed E-state index contributed by atoms with van der Waals surface area (Å²) in [6, 6.07) is 2.18. The lowest BCUT2D eigenvalue weighted by Gasteiger charge is -2.36. The maximum Gasteiger partial charge on any atom is 0.327 e. The second-order valence-electron chi connectivity index (χ2n) is 11.8. The van der Waals surface area contributed by atoms with E-state index in [1.54, 1.807) is 27.7 Å². The molecule has 3 unspecified atom stereocenters. The molecular weight excluding hydrogens is 550 g/mol. The van der Waals surface area contributed by atoms with Crippen LogP contribution < -0.4 is 0 Å². The van der Waals surface area contributed by atoms with Crippen molar-refractivity contribution in [3.8, 4) is 6.07 Å². The predicted molar refractivity (Wildman–Crippen MR) is 168 cm³/mol. The van der Waals surface area contributed by atoms with Gasteiger partial charge in [-0.2, -0.15) is 5.26 Å². The lowest BCUT2D eigenvalue weighted by Crippen LogP contribution is -2.45. The van der Waals surface area contributed by atoms with Gasteiger partial charge >= 0.3 is 23.9 Å². The molecular formula is C34H61NO8. The molecule has 0 fully saturated rings. The summed E-state index contributed by atoms with van der Waals surface area (Å²) in [5, 5.41) is 28.8. The number of nitriles is 1. The van der Waals surface area contributed by atoms with Crippen LogP contribution in [0.5, 0.6) is 0 Å². The van der Waals surface area contributed by atoms with Crippen LogP contribution in [0.2, 0.25) is 0 Å². The van der Waals surface area contributed by atoms with E-state index in [9.17, 15) is 34.7 Å². The summed E-state index contributed by atoms with van der Waals surface area (Å²) in [5.41, 5.74) is -2.56. The Hall–Kier alpha value is -2.63. The maximum absolute atomic E-state index is 12.7. The van der Waals surface area contributed by atoms with Crippen LogP contribution in [0.25, 0.3) is 0 Å². The molecule has 0 aliphatic heterocycles. The summed E-state index contributed by atoms with van der Waals surface area (Å²) in [4.78, 5) is 48.3. The van der Waals surface area contributed by atoms with Gasteiger partial charge in [0.05, 0.1) is 36.5 Å². The van der Waals surface area contributed by atoms with Crippen molar-refractivity contribution in [2.45, 2.75) is 145 Å². The summed E-state index contributed by atoms with van der Waals surface area (Å²) < 4.78 is 10.4. The number of rotatable bonds is 23. The van der Waals surface area contributed by atoms with Gasteiger partial charge in [0.25, 0.3) is 0 Å². The van der Waals surface area contributed by atoms with E-state index in [0.29, 0.717) is 38.5 Å². The Morgan fingerprint density at radius 1 is 0.721 bits per heavy atom. The van der Waals surface area contributed by atoms with Gasteiger partial charge in [0.15, 0.2) is 5.41 Å². The number of nitrogens with zero attached hydrogens (tertiary/aromatic N) is 1. The van der Waals surface area contributed by atoms with Gasteiger partial charge in [0, 0.05) is 0 Å². The number of carboxylic acid groups (broad SMARTS) is 2. The van der Waals surface area contributed by atoms with Crippen LogP contribution in [0.3, 0.4) is 0 Å². The average Bonchev–Trinajstić information content (AvgIpc) is 2.94. The molecule has 0 rings (SSSR count). The Balaban J connectivity index is 0. The second kappa shape index (κ2) is 23.8. The Morgan fingerprint density at radius 3 is 1.60 bits per heavy atom. The highest BCUT2D eigenvalue weighted by Gasteiger charge is 2.51. The van der Waals surface area contributed by atoms with Gasteiger partial charge in [-0.1, -0.05) is 106 Å². The van der Waals surface area contributed by atoms with Crippen LogP contribution in [-0.4, -0.2) is 47.3 Å². The molecule has 0 bridgehead atoms. The van der Waals surface area contributed by atoms with Crippen LogP contribution in [0.1, 0.15) is 145 Å². The lowest BCUT2D eigenvalue weighted by molar-refractivity contribution is -0.166. The van der Waals surface area contributed by atoms with E-state index < -0.39 is 46.5 Å². The number of ether oxygens (including phenoxy) is 2. The molecule has 0 heterocycles. The van der Waals surface area contributed by atoms with Crippen molar-refractivity contribution in [3.63, 3.8) is 0 Å². The van der Waals surface area contributed by atoms with Gasteiger partial charge in [-0.25, -0.2) is 0 Å². The average molecular weight is 612 g/mol. The van der Waals surface area contributed by atoms with E-state index in [0.717, 1.165) is 51.4 Å². The summed E-state index contributed by atoms with van der Waals surface area (Å²) in [6.45, 7) is 15.5. The summed E-state index contributed by atoms with van der Waals surface area (Å²) in [7, 11) is 0. The van der Waals surface area contributed by atoms with Crippen molar-refractivity contribution in [1.29, 1.82) is 5.26 Å². The zero-order valence-electron chi connectivity index (χ0n) is 28.3. The maximum atomic E-state index is 12.7. The van der Waals surface area contributed by atoms with Gasteiger partial charge in [0.2, 0.25) is 0 Å². The lowest BCUT2D eigenvalue weighted by atomic mass is 9.65. The molecule has 0 saturated heterocycles. The highest BCUT2D eigenvalue weighted by molar-refractivity contribution is 5.88. The SMILES string of the molecule is CCCC(CCC)(C(=O)O)C(C(=O)O)C(C)C.CCCCCCC(C(=O)OCC)C(C#N)(CCCCCC)C(=O)OCC. The second-order valence-corrected chi connectivity index (χ2v) is 11.8. The summed E-state index contributed by atoms with van der Waals surface area (Å²) in [5.74, 6) is -4.75. The quantitative estimate of drug-likeness (QED) is 0.0860. The van der Waals surface area contributed by atoms with Crippen molar-refractivity contribution < 1.29 is 38.9 Å². The Morgan fingerprint density at radius 2 is 1.23 bits per heavy atom. The number of hydrogen-bond donors (Lipinski definition) is 2. The fraction of sp³-hybridized carbons (Fsp3) is 0.853. The van der Waals surface area contributed by atoms with Gasteiger partial charge in [0.1, 0.15) is 0 Å². The zero-order chi connectivity index (χ0) is 33.5. The number of carboxylic acids is 2. The van der Waals surface area contributed by atoms with Crippen molar-refractivity contribution in [1.82, 2.24) is 0 Å². The number of unbranched alkanes of at least 4 members (excludes halogenated alkanes) is 6. The fourth-order valence-corrected chi connectivity index (χ4v) is 6.11. The number of carbonyl (C=O) groups excluding carboxylic acids is 2. The normalized spacial score (nSPS) is 14.0. The molecule has 2 N–H and O–H groups in total. The monoisotopic (exact) mass is 611 g/mol. The van der Waals surface area contributed by atoms with Crippen LogP contribution in [0.15, 0.2) is 0 Å². The standard InChI is InChI=1S/C21H37NO4.C13H24O4/c1-5-9-11-13-15-18(19(23)25-7-3)21(17-22,20(24)26-8-4)16-14-12-10-6-2;1-5-7-13(8-6-2,12(16)17)10(9(3)4)11(14)15/h18H,5-16H2,1-4H3;9-10H,5-8H2,1-4H3,(H,14,15)(H,16,17). The Labute approximate surface area is 261 Å². The largest absolute Gasteiger partial charge is 0.481 e. The Bertz CT molecular complexity index is 844. The van der Waals surface area contributed by atoms with E-state index >= 15 is 0 Å². The van der Waals surface area contributed by atoms with Crippen molar-refractivity contribution >= 4 is 23.9 Å². The molecule has 0 aromatic carbocycles. The molecule has 0 spiro atoms. The molecule has 250 valence electrons. The van der Waals surface area contributed by atoms with Crippen molar-refractivity contribution in [3.05, 3.63) is 0 Å². The molecule has 0 aromatic heterocycles. The first-order valence-corrected chi connectivity index (χ1v) is 16.6. The molecule has 0 saturated carbocycles. The molecule has 3 atom stereocenters. The molecule has 0 radical (unpaired) electrons. The first kappa shape index (κ1) is 42.5. The van der Waals surface area contributed by atoms with E-state index in [1.807, 2.05) is 13.8 Å². The molecule has 43 heavy (non-hydrogen) atoms. The summed E-state index contributed by atoms with van der Waals surface area (Å²) >= 11 is 0. The number of esters is 2. The highest BCUT2D eigenvalue weighted by atomic mass is 16.5. The molecule has 0 aliphatic rings. The van der Waals surface area contributed by atoms with E-state index in [-0.39, 0.29) is 19.1 Å². The van der Waals surface area contributed by atoms with Crippen LogP contribution in [-0.2, 0) is 28.7 Å². The highest BCUT2D eigenvalue weighted by Crippen LogP contribution is 2.42. The van der Waals surface area contributed by atoms with Gasteiger partial charge in [-0.05, 0) is 45.4 Å². The summed E-state index contributed by atoms with van der Waals surface area (Å²) in [6.07, 6.45) is 10.8. The third-order valence-corrected chi connectivity index (χ3v) is 8.12. The first-order valence-electron chi connectivity index (χ1n) is 16.6. The van der Waals surface area contributed by atoms with Crippen LogP contribution >= 0.6 is 0 Å².